The molecule has 2 heterocycles. The average molecular weight is 556 g/mol. The highest BCUT2D eigenvalue weighted by Crippen LogP contribution is 2.37. The number of aryl methyl sites for hydroxylation is 2. The third kappa shape index (κ3) is 6.83. The number of halogens is 3. The summed E-state index contributed by atoms with van der Waals surface area (Å²) in [4.78, 5) is 21.8. The summed E-state index contributed by atoms with van der Waals surface area (Å²) in [7, 11) is -1.77. The van der Waals surface area contributed by atoms with Crippen molar-refractivity contribution in [3.8, 4) is 17.6 Å². The Hall–Kier alpha value is -3.14. The fourth-order valence-corrected chi connectivity index (χ4v) is 5.77. The molecule has 13 heteroatoms. The van der Waals surface area contributed by atoms with Crippen molar-refractivity contribution in [1.29, 1.82) is 5.26 Å². The van der Waals surface area contributed by atoms with Crippen LogP contribution in [0.3, 0.4) is 0 Å². The molecule has 0 unspecified atom stereocenters. The number of carbonyl (C=O) groups is 1. The predicted molar refractivity (Wildman–Crippen MR) is 134 cm³/mol. The van der Waals surface area contributed by atoms with Crippen molar-refractivity contribution >= 4 is 15.7 Å². The van der Waals surface area contributed by atoms with Crippen LogP contribution in [0.5, 0.6) is 5.75 Å². The van der Waals surface area contributed by atoms with Crippen molar-refractivity contribution in [2.24, 2.45) is 5.41 Å². The van der Waals surface area contributed by atoms with Gasteiger partial charge < -0.3 is 10.1 Å². The first-order valence-electron chi connectivity index (χ1n) is 12.3. The number of pyridine rings is 1. The van der Waals surface area contributed by atoms with Crippen molar-refractivity contribution in [3.05, 3.63) is 35.0 Å². The van der Waals surface area contributed by atoms with E-state index in [0.717, 1.165) is 0 Å². The van der Waals surface area contributed by atoms with Crippen LogP contribution in [0, 0.1) is 16.7 Å². The molecule has 0 spiro atoms. The zero-order valence-corrected chi connectivity index (χ0v) is 22.7. The fourth-order valence-electron chi connectivity index (χ4n) is 4.68. The summed E-state index contributed by atoms with van der Waals surface area (Å²) in [5.74, 6) is 0.104. The van der Waals surface area contributed by atoms with E-state index in [4.69, 9.17) is 4.74 Å². The summed E-state index contributed by atoms with van der Waals surface area (Å²) in [5, 5.41) is 12.4. The molecule has 0 aromatic carbocycles. The summed E-state index contributed by atoms with van der Waals surface area (Å²) in [6.45, 7) is 4.06. The Morgan fingerprint density at radius 2 is 2.00 bits per heavy atom. The molecule has 38 heavy (non-hydrogen) atoms. The maximum atomic E-state index is 13.1. The van der Waals surface area contributed by atoms with Crippen molar-refractivity contribution < 1.29 is 31.1 Å². The molecule has 1 N–H and O–H groups in total. The van der Waals surface area contributed by atoms with Crippen molar-refractivity contribution in [2.75, 3.05) is 19.9 Å². The minimum Gasteiger partial charge on any atom is -0.493 e. The first kappa shape index (κ1) is 29.4. The molecule has 0 atom stereocenters. The zero-order valence-electron chi connectivity index (χ0n) is 21.9. The quantitative estimate of drug-likeness (QED) is 0.497. The topological polar surface area (TPSA) is 127 Å². The number of hydrogen-bond acceptors (Lipinski definition) is 7. The van der Waals surface area contributed by atoms with Crippen LogP contribution in [0.1, 0.15) is 73.5 Å². The Morgan fingerprint density at radius 3 is 2.53 bits per heavy atom. The number of methoxy groups -OCH3 is 1. The van der Waals surface area contributed by atoms with E-state index in [1.807, 2.05) is 13.0 Å². The van der Waals surface area contributed by atoms with Crippen LogP contribution in [-0.2, 0) is 22.7 Å². The molecular weight excluding hydrogens is 523 g/mol. The number of carbonyl (C=O) groups excluding carboxylic acids is 1. The molecule has 2 aromatic heterocycles. The maximum Gasteiger partial charge on any atom is 0.389 e. The lowest BCUT2D eigenvalue weighted by Crippen LogP contribution is -2.40. The van der Waals surface area contributed by atoms with Crippen LogP contribution in [-0.4, -0.2) is 60.2 Å². The highest BCUT2D eigenvalue weighted by molar-refractivity contribution is 7.91. The average Bonchev–Trinajstić information content (AvgIpc) is 3.23. The van der Waals surface area contributed by atoms with E-state index in [1.165, 1.54) is 30.2 Å². The monoisotopic (exact) mass is 555 g/mol. The molecule has 0 bridgehead atoms. The lowest BCUT2D eigenvalue weighted by Gasteiger charge is -2.36. The van der Waals surface area contributed by atoms with Crippen LogP contribution >= 0.6 is 0 Å². The number of nitrogens with one attached hydrogen (secondary N) is 1. The molecule has 2 aromatic rings. The van der Waals surface area contributed by atoms with E-state index < -0.39 is 28.3 Å². The number of amides is 1. The Labute approximate surface area is 220 Å². The van der Waals surface area contributed by atoms with E-state index in [2.05, 4.69) is 15.3 Å². The van der Waals surface area contributed by atoms with E-state index in [1.54, 1.807) is 6.92 Å². The van der Waals surface area contributed by atoms with E-state index in [9.17, 15) is 31.6 Å². The minimum atomic E-state index is -4.31. The zero-order chi connectivity index (χ0) is 28.3. The molecule has 1 saturated carbocycles. The summed E-state index contributed by atoms with van der Waals surface area (Å²) >= 11 is 0. The van der Waals surface area contributed by atoms with Crippen LogP contribution in [0.4, 0.5) is 13.2 Å². The first-order chi connectivity index (χ1) is 17.7. The predicted octanol–water partition coefficient (Wildman–Crippen LogP) is 3.93. The minimum absolute atomic E-state index is 0.0703. The molecule has 9 nitrogen and oxygen atoms in total. The Morgan fingerprint density at radius 1 is 1.34 bits per heavy atom. The number of aromatic nitrogens is 3. The van der Waals surface area contributed by atoms with Crippen LogP contribution in [0.25, 0.3) is 5.82 Å². The number of alkyl halides is 3. The van der Waals surface area contributed by atoms with Crippen molar-refractivity contribution in [3.63, 3.8) is 0 Å². The second-order valence-electron chi connectivity index (χ2n) is 10.0. The number of sulfone groups is 1. The molecule has 1 aliphatic carbocycles. The number of ether oxygens (including phenoxy) is 1. The van der Waals surface area contributed by atoms with Gasteiger partial charge in [-0.2, -0.15) is 18.4 Å². The summed E-state index contributed by atoms with van der Waals surface area (Å²) in [5.41, 5.74) is -0.144. The summed E-state index contributed by atoms with van der Waals surface area (Å²) in [6.07, 6.45) is -0.422. The SMILES string of the molecule is CCc1nc(C(=O)NC[C@]2(C)CC[C@@H](S(C)(=O)=O)CC2)c(C#N)n1-c1ncc(CCC(F)(F)F)cc1OC. The standard InChI is InChI=1S/C25H32F3N5O4S/c1-5-20-32-21(23(34)31-15-24(2)9-7-17(8-10-24)38(4,35)36)18(13-29)33(20)22-19(37-3)12-16(14-30-22)6-11-25(26,27)28/h12,14,17H,5-11,15H2,1-4H3,(H,31,34)/t17-,24-. The molecule has 0 saturated heterocycles. The Balaban J connectivity index is 1.85. The molecule has 1 fully saturated rings. The molecule has 208 valence electrons. The number of nitriles is 1. The summed E-state index contributed by atoms with van der Waals surface area (Å²) < 4.78 is 68.4. The van der Waals surface area contributed by atoms with Gasteiger partial charge in [0, 0.05) is 31.8 Å². The van der Waals surface area contributed by atoms with Gasteiger partial charge >= 0.3 is 6.18 Å². The largest absolute Gasteiger partial charge is 0.493 e. The van der Waals surface area contributed by atoms with Gasteiger partial charge in [-0.1, -0.05) is 13.8 Å². The van der Waals surface area contributed by atoms with Crippen LogP contribution in [0.15, 0.2) is 12.3 Å². The molecule has 0 radical (unpaired) electrons. The molecule has 0 aliphatic heterocycles. The smallest absolute Gasteiger partial charge is 0.389 e. The number of imidazole rings is 1. The lowest BCUT2D eigenvalue weighted by molar-refractivity contribution is -0.134. The lowest BCUT2D eigenvalue weighted by atomic mass is 9.75. The maximum absolute atomic E-state index is 13.1. The first-order valence-corrected chi connectivity index (χ1v) is 14.3. The fraction of sp³-hybridized carbons (Fsp3) is 0.600. The number of rotatable bonds is 9. The van der Waals surface area contributed by atoms with Gasteiger partial charge in [-0.15, -0.1) is 0 Å². The third-order valence-corrected chi connectivity index (χ3v) is 8.71. The van der Waals surface area contributed by atoms with Crippen LogP contribution < -0.4 is 10.1 Å². The van der Waals surface area contributed by atoms with Gasteiger partial charge in [0.2, 0.25) is 0 Å². The van der Waals surface area contributed by atoms with Gasteiger partial charge in [0.1, 0.15) is 21.7 Å². The van der Waals surface area contributed by atoms with Crippen LogP contribution in [0.2, 0.25) is 0 Å². The van der Waals surface area contributed by atoms with E-state index >= 15 is 0 Å². The molecule has 1 aliphatic rings. The van der Waals surface area contributed by atoms with Gasteiger partial charge in [-0.25, -0.2) is 18.4 Å². The Bertz CT molecular complexity index is 1320. The second kappa shape index (κ2) is 11.3. The van der Waals surface area contributed by atoms with Gasteiger partial charge in [0.25, 0.3) is 5.91 Å². The van der Waals surface area contributed by atoms with Gasteiger partial charge in [0.05, 0.1) is 12.4 Å². The normalized spacial score (nSPS) is 20.1. The van der Waals surface area contributed by atoms with Gasteiger partial charge in [0.15, 0.2) is 23.0 Å². The number of nitrogens with zero attached hydrogens (tertiary/aromatic N) is 4. The van der Waals surface area contributed by atoms with Crippen molar-refractivity contribution in [1.82, 2.24) is 19.9 Å². The number of hydrogen-bond donors (Lipinski definition) is 1. The highest BCUT2D eigenvalue weighted by atomic mass is 32.2. The van der Waals surface area contributed by atoms with Gasteiger partial charge in [-0.05, 0) is 49.1 Å². The second-order valence-corrected chi connectivity index (χ2v) is 12.4. The van der Waals surface area contributed by atoms with Gasteiger partial charge in [-0.3, -0.25) is 9.36 Å². The molecule has 1 amide bonds. The molecular formula is C25H32F3N5O4S. The van der Waals surface area contributed by atoms with Crippen molar-refractivity contribution in [2.45, 2.75) is 70.2 Å². The van der Waals surface area contributed by atoms with E-state index in [-0.39, 0.29) is 46.6 Å². The molecule has 3 rings (SSSR count). The highest BCUT2D eigenvalue weighted by Gasteiger charge is 2.36. The third-order valence-electron chi connectivity index (χ3n) is 7.02. The van der Waals surface area contributed by atoms with E-state index in [0.29, 0.717) is 43.5 Å². The summed E-state index contributed by atoms with van der Waals surface area (Å²) in [6, 6.07) is 3.44. The Kier molecular flexibility index (Phi) is 8.75.